The van der Waals surface area contributed by atoms with Crippen molar-refractivity contribution in [2.24, 2.45) is 0 Å². The van der Waals surface area contributed by atoms with Crippen molar-refractivity contribution in [2.45, 2.75) is 11.8 Å². The molecule has 2 N–H and O–H groups in total. The number of benzene rings is 2. The molecule has 2 aromatic carbocycles. The summed E-state index contributed by atoms with van der Waals surface area (Å²) in [5.41, 5.74) is 3.59. The predicted octanol–water partition coefficient (Wildman–Crippen LogP) is 4.46. The molecule has 7 heteroatoms. The van der Waals surface area contributed by atoms with E-state index in [1.54, 1.807) is 7.11 Å². The quantitative estimate of drug-likeness (QED) is 0.510. The van der Waals surface area contributed by atoms with Crippen molar-refractivity contribution in [2.75, 3.05) is 11.8 Å². The topological polar surface area (TPSA) is 75.7 Å². The third kappa shape index (κ3) is 3.34. The van der Waals surface area contributed by atoms with Gasteiger partial charge in [-0.1, -0.05) is 17.7 Å². The van der Waals surface area contributed by atoms with Crippen LogP contribution in [-0.4, -0.2) is 27.0 Å². The highest BCUT2D eigenvalue weighted by atomic mass is 32.2. The second-order valence-corrected chi connectivity index (χ2v) is 6.63. The van der Waals surface area contributed by atoms with Crippen LogP contribution < -0.4 is 9.46 Å². The lowest BCUT2D eigenvalue weighted by Gasteiger charge is -2.05. The summed E-state index contributed by atoms with van der Waals surface area (Å²) >= 11 is 1.50. The van der Waals surface area contributed by atoms with Gasteiger partial charge in [0.15, 0.2) is 11.5 Å². The molecule has 0 aliphatic carbocycles. The van der Waals surface area contributed by atoms with Gasteiger partial charge in [0.2, 0.25) is 0 Å². The minimum absolute atomic E-state index is 0.623. The molecule has 130 valence electrons. The molecule has 0 amide bonds. The molecule has 0 saturated heterocycles. The molecule has 0 atom stereocenters. The maximum Gasteiger partial charge on any atom is 0.183 e. The van der Waals surface area contributed by atoms with Crippen LogP contribution in [0.2, 0.25) is 0 Å². The number of aromatic nitrogens is 4. The average molecular weight is 363 g/mol. The van der Waals surface area contributed by atoms with E-state index in [0.29, 0.717) is 11.5 Å². The lowest BCUT2D eigenvalue weighted by molar-refractivity contribution is 0.415. The third-order valence-electron chi connectivity index (χ3n) is 3.94. The summed E-state index contributed by atoms with van der Waals surface area (Å²) in [7, 11) is 1.65. The smallest absolute Gasteiger partial charge is 0.183 e. The molecule has 26 heavy (non-hydrogen) atoms. The summed E-state index contributed by atoms with van der Waals surface area (Å²) < 4.78 is 8.48. The normalized spacial score (nSPS) is 10.8. The van der Waals surface area contributed by atoms with Crippen LogP contribution in [0.15, 0.2) is 59.8 Å². The SMILES string of the molecule is COc1ccc(-c2nc3ncnc(NSc4ccc(C)cc4)c3[nH]2)cc1. The Bertz CT molecular complexity index is 1030. The lowest BCUT2D eigenvalue weighted by atomic mass is 10.2. The maximum atomic E-state index is 5.20. The van der Waals surface area contributed by atoms with Crippen LogP contribution in [-0.2, 0) is 0 Å². The second kappa shape index (κ2) is 7.05. The average Bonchev–Trinajstić information content (AvgIpc) is 3.12. The molecule has 2 aromatic heterocycles. The minimum atomic E-state index is 0.623. The van der Waals surface area contributed by atoms with E-state index in [2.05, 4.69) is 55.8 Å². The molecule has 0 bridgehead atoms. The molecule has 6 nitrogen and oxygen atoms in total. The van der Waals surface area contributed by atoms with Crippen LogP contribution in [0.1, 0.15) is 5.56 Å². The Morgan fingerprint density at radius 1 is 1.00 bits per heavy atom. The highest BCUT2D eigenvalue weighted by molar-refractivity contribution is 8.00. The molecule has 2 heterocycles. The van der Waals surface area contributed by atoms with E-state index in [4.69, 9.17) is 4.74 Å². The Kier molecular flexibility index (Phi) is 4.45. The summed E-state index contributed by atoms with van der Waals surface area (Å²) in [6.45, 7) is 2.07. The van der Waals surface area contributed by atoms with E-state index in [-0.39, 0.29) is 0 Å². The predicted molar refractivity (Wildman–Crippen MR) is 104 cm³/mol. The van der Waals surface area contributed by atoms with Gasteiger partial charge in [-0.05, 0) is 55.3 Å². The van der Waals surface area contributed by atoms with E-state index >= 15 is 0 Å². The number of nitrogens with one attached hydrogen (secondary N) is 2. The first kappa shape index (κ1) is 16.4. The summed E-state index contributed by atoms with van der Waals surface area (Å²) in [5, 5.41) is 0. The Morgan fingerprint density at radius 2 is 1.77 bits per heavy atom. The van der Waals surface area contributed by atoms with Crippen molar-refractivity contribution in [3.63, 3.8) is 0 Å². The van der Waals surface area contributed by atoms with E-state index in [1.807, 2.05) is 24.3 Å². The van der Waals surface area contributed by atoms with Gasteiger partial charge in [0, 0.05) is 10.5 Å². The molecule has 4 aromatic rings. The summed E-state index contributed by atoms with van der Waals surface area (Å²) in [5.74, 6) is 2.25. The molecule has 0 spiro atoms. The monoisotopic (exact) mass is 363 g/mol. The number of anilines is 1. The largest absolute Gasteiger partial charge is 0.497 e. The summed E-state index contributed by atoms with van der Waals surface area (Å²) in [4.78, 5) is 17.6. The number of nitrogens with zero attached hydrogens (tertiary/aromatic N) is 3. The van der Waals surface area contributed by atoms with Crippen molar-refractivity contribution < 1.29 is 4.74 Å². The van der Waals surface area contributed by atoms with Crippen molar-refractivity contribution >= 4 is 28.9 Å². The van der Waals surface area contributed by atoms with Gasteiger partial charge in [-0.15, -0.1) is 0 Å². The van der Waals surface area contributed by atoms with Crippen molar-refractivity contribution in [1.82, 2.24) is 19.9 Å². The standard InChI is InChI=1S/C19H17N5OS/c1-12-3-9-15(10-4-12)26-24-19-16-18(20-11-21-19)23-17(22-16)13-5-7-14(25-2)8-6-13/h3-11H,1-2H3,(H2,20,21,22,23,24). The summed E-state index contributed by atoms with van der Waals surface area (Å²) in [6, 6.07) is 16.0. The Labute approximate surface area is 155 Å². The Morgan fingerprint density at radius 3 is 2.50 bits per heavy atom. The van der Waals surface area contributed by atoms with Gasteiger partial charge < -0.3 is 14.4 Å². The van der Waals surface area contributed by atoms with E-state index in [9.17, 15) is 0 Å². The van der Waals surface area contributed by atoms with E-state index in [0.717, 1.165) is 27.5 Å². The zero-order valence-corrected chi connectivity index (χ0v) is 15.2. The fraction of sp³-hybridized carbons (Fsp3) is 0.105. The van der Waals surface area contributed by atoms with Crippen LogP contribution in [0, 0.1) is 6.92 Å². The van der Waals surface area contributed by atoms with Gasteiger partial charge in [0.25, 0.3) is 0 Å². The molecular formula is C19H17N5OS. The van der Waals surface area contributed by atoms with Crippen LogP contribution in [0.4, 0.5) is 5.82 Å². The number of ether oxygens (including phenoxy) is 1. The molecule has 0 saturated carbocycles. The Hall–Kier alpha value is -3.06. The van der Waals surface area contributed by atoms with Crippen molar-refractivity contribution in [3.8, 4) is 17.1 Å². The molecule has 0 aliphatic heterocycles. The van der Waals surface area contributed by atoms with Crippen LogP contribution in [0.25, 0.3) is 22.6 Å². The fourth-order valence-electron chi connectivity index (χ4n) is 2.50. The summed E-state index contributed by atoms with van der Waals surface area (Å²) in [6.07, 6.45) is 1.51. The molecule has 4 rings (SSSR count). The molecule has 0 radical (unpaired) electrons. The lowest BCUT2D eigenvalue weighted by Crippen LogP contribution is -1.93. The van der Waals surface area contributed by atoms with Gasteiger partial charge in [-0.3, -0.25) is 0 Å². The fourth-order valence-corrected chi connectivity index (χ4v) is 3.15. The number of fused-ring (bicyclic) bond motifs is 1. The molecule has 0 aliphatic rings. The van der Waals surface area contributed by atoms with Gasteiger partial charge >= 0.3 is 0 Å². The second-order valence-electron chi connectivity index (χ2n) is 5.75. The van der Waals surface area contributed by atoms with Gasteiger partial charge in [0.1, 0.15) is 23.4 Å². The van der Waals surface area contributed by atoms with Crippen molar-refractivity contribution in [3.05, 3.63) is 60.4 Å². The number of methoxy groups -OCH3 is 1. The number of hydrogen-bond donors (Lipinski definition) is 2. The van der Waals surface area contributed by atoms with Gasteiger partial charge in [-0.2, -0.15) is 0 Å². The van der Waals surface area contributed by atoms with Crippen LogP contribution >= 0.6 is 11.9 Å². The maximum absolute atomic E-state index is 5.20. The first-order valence-corrected chi connectivity index (χ1v) is 8.89. The van der Waals surface area contributed by atoms with E-state index in [1.165, 1.54) is 23.8 Å². The zero-order chi connectivity index (χ0) is 17.9. The van der Waals surface area contributed by atoms with E-state index < -0.39 is 0 Å². The van der Waals surface area contributed by atoms with Crippen LogP contribution in [0.3, 0.4) is 0 Å². The highest BCUT2D eigenvalue weighted by Gasteiger charge is 2.11. The number of imidazole rings is 1. The molecular weight excluding hydrogens is 346 g/mol. The zero-order valence-electron chi connectivity index (χ0n) is 14.4. The van der Waals surface area contributed by atoms with Gasteiger partial charge in [0.05, 0.1) is 7.11 Å². The highest BCUT2D eigenvalue weighted by Crippen LogP contribution is 2.27. The number of aromatic amines is 1. The van der Waals surface area contributed by atoms with Gasteiger partial charge in [-0.25, -0.2) is 15.0 Å². The van der Waals surface area contributed by atoms with Crippen molar-refractivity contribution in [1.29, 1.82) is 0 Å². The molecule has 0 fully saturated rings. The number of rotatable bonds is 5. The first-order chi connectivity index (χ1) is 12.7. The molecule has 0 unspecified atom stereocenters. The number of hydrogen-bond acceptors (Lipinski definition) is 6. The number of aryl methyl sites for hydroxylation is 1. The first-order valence-electron chi connectivity index (χ1n) is 8.07. The Balaban J connectivity index is 1.61. The van der Waals surface area contributed by atoms with Crippen LogP contribution in [0.5, 0.6) is 5.75 Å². The third-order valence-corrected chi connectivity index (χ3v) is 4.74. The number of H-pyrrole nitrogens is 1. The minimum Gasteiger partial charge on any atom is -0.497 e.